The summed E-state index contributed by atoms with van der Waals surface area (Å²) in [4.78, 5) is 4.08. The van der Waals surface area contributed by atoms with E-state index >= 15 is 0 Å². The summed E-state index contributed by atoms with van der Waals surface area (Å²) in [5.41, 5.74) is 11.7. The van der Waals surface area contributed by atoms with Crippen molar-refractivity contribution in [3.8, 4) is 11.5 Å². The first kappa shape index (κ1) is 12.5. The maximum absolute atomic E-state index is 5.57. The van der Waals surface area contributed by atoms with E-state index in [2.05, 4.69) is 18.8 Å². The van der Waals surface area contributed by atoms with Crippen molar-refractivity contribution in [2.45, 2.75) is 19.3 Å². The molecule has 0 fully saturated rings. The monoisotopic (exact) mass is 249 g/mol. The Bertz CT molecular complexity index is 465. The zero-order valence-electron chi connectivity index (χ0n) is 10.8. The number of benzene rings is 1. The van der Waals surface area contributed by atoms with Crippen LogP contribution in [-0.4, -0.2) is 25.7 Å². The minimum absolute atomic E-state index is 0.112. The second-order valence-electron chi connectivity index (χ2n) is 4.98. The smallest absolute Gasteiger partial charge is 0.185 e. The molecule has 1 heterocycles. The predicted molar refractivity (Wildman–Crippen MR) is 71.1 cm³/mol. The van der Waals surface area contributed by atoms with Crippen LogP contribution in [0.3, 0.4) is 0 Å². The van der Waals surface area contributed by atoms with Gasteiger partial charge in [-0.15, -0.1) is 0 Å². The van der Waals surface area contributed by atoms with E-state index in [0.29, 0.717) is 19.8 Å². The molecule has 18 heavy (non-hydrogen) atoms. The molecule has 5 heteroatoms. The van der Waals surface area contributed by atoms with E-state index in [9.17, 15) is 0 Å². The largest absolute Gasteiger partial charge is 0.486 e. The van der Waals surface area contributed by atoms with E-state index in [1.54, 1.807) is 0 Å². The fourth-order valence-electron chi connectivity index (χ4n) is 1.84. The van der Waals surface area contributed by atoms with Crippen LogP contribution in [0.4, 0.5) is 0 Å². The minimum Gasteiger partial charge on any atom is -0.486 e. The molecule has 1 aliphatic rings. The van der Waals surface area contributed by atoms with Crippen LogP contribution in [-0.2, 0) is 5.41 Å². The van der Waals surface area contributed by atoms with Crippen LogP contribution in [0.15, 0.2) is 23.2 Å². The average Bonchev–Trinajstić information content (AvgIpc) is 2.36. The molecular weight excluding hydrogens is 230 g/mol. The second-order valence-corrected chi connectivity index (χ2v) is 4.98. The van der Waals surface area contributed by atoms with Crippen molar-refractivity contribution in [2.75, 3.05) is 19.8 Å². The molecule has 1 aromatic rings. The summed E-state index contributed by atoms with van der Waals surface area (Å²) >= 11 is 0. The van der Waals surface area contributed by atoms with E-state index < -0.39 is 0 Å². The van der Waals surface area contributed by atoms with Gasteiger partial charge in [0.25, 0.3) is 0 Å². The molecular formula is C13H19N3O2. The van der Waals surface area contributed by atoms with Gasteiger partial charge >= 0.3 is 0 Å². The molecule has 2 rings (SSSR count). The van der Waals surface area contributed by atoms with E-state index in [4.69, 9.17) is 20.9 Å². The van der Waals surface area contributed by atoms with Gasteiger partial charge < -0.3 is 20.9 Å². The summed E-state index contributed by atoms with van der Waals surface area (Å²) < 4.78 is 11.1. The lowest BCUT2D eigenvalue weighted by Gasteiger charge is -2.26. The third-order valence-electron chi connectivity index (χ3n) is 2.98. The number of nitrogens with two attached hydrogens (primary N) is 2. The Morgan fingerprint density at radius 3 is 2.56 bits per heavy atom. The Hall–Kier alpha value is -1.91. The van der Waals surface area contributed by atoms with Gasteiger partial charge in [0.15, 0.2) is 17.5 Å². The normalized spacial score (nSPS) is 14.1. The number of guanidine groups is 1. The fourth-order valence-corrected chi connectivity index (χ4v) is 1.84. The Kier molecular flexibility index (Phi) is 3.32. The van der Waals surface area contributed by atoms with Crippen molar-refractivity contribution >= 4 is 5.96 Å². The van der Waals surface area contributed by atoms with E-state index in [0.717, 1.165) is 17.1 Å². The van der Waals surface area contributed by atoms with Crippen LogP contribution in [0.5, 0.6) is 11.5 Å². The van der Waals surface area contributed by atoms with E-state index in [1.807, 2.05) is 18.2 Å². The molecule has 0 aliphatic carbocycles. The lowest BCUT2D eigenvalue weighted by Crippen LogP contribution is -2.28. The molecule has 0 amide bonds. The van der Waals surface area contributed by atoms with Gasteiger partial charge in [0, 0.05) is 5.41 Å². The minimum atomic E-state index is -0.153. The highest BCUT2D eigenvalue weighted by atomic mass is 16.6. The molecule has 0 saturated carbocycles. The van der Waals surface area contributed by atoms with Crippen molar-refractivity contribution < 1.29 is 9.47 Å². The first-order valence-electron chi connectivity index (χ1n) is 5.94. The van der Waals surface area contributed by atoms with E-state index in [1.165, 1.54) is 0 Å². The zero-order chi connectivity index (χ0) is 13.2. The fraction of sp³-hybridized carbons (Fsp3) is 0.462. The maximum atomic E-state index is 5.57. The summed E-state index contributed by atoms with van der Waals surface area (Å²) in [5.74, 6) is 1.69. The molecule has 0 unspecified atom stereocenters. The molecule has 0 bridgehead atoms. The van der Waals surface area contributed by atoms with Crippen molar-refractivity contribution in [3.63, 3.8) is 0 Å². The van der Waals surface area contributed by atoms with Crippen LogP contribution in [0, 0.1) is 0 Å². The predicted octanol–water partition coefficient (Wildman–Crippen LogP) is 1.01. The Labute approximate surface area is 107 Å². The van der Waals surface area contributed by atoms with Crippen LogP contribution in [0.2, 0.25) is 0 Å². The quantitative estimate of drug-likeness (QED) is 0.618. The van der Waals surface area contributed by atoms with Crippen molar-refractivity contribution in [1.29, 1.82) is 0 Å². The first-order chi connectivity index (χ1) is 8.49. The number of aliphatic imine (C=N–C) groups is 1. The van der Waals surface area contributed by atoms with Gasteiger partial charge in [0.05, 0.1) is 6.54 Å². The zero-order valence-corrected chi connectivity index (χ0v) is 10.8. The van der Waals surface area contributed by atoms with Gasteiger partial charge in [-0.05, 0) is 17.7 Å². The molecule has 0 saturated heterocycles. The van der Waals surface area contributed by atoms with E-state index in [-0.39, 0.29) is 11.4 Å². The standard InChI is InChI=1S/C13H19N3O2/c1-13(2,8-16-12(14)15)9-3-4-10-11(7-9)18-6-5-17-10/h3-4,7H,5-6,8H2,1-2H3,(H4,14,15,16). The van der Waals surface area contributed by atoms with Crippen molar-refractivity contribution in [2.24, 2.45) is 16.5 Å². The summed E-state index contributed by atoms with van der Waals surface area (Å²) in [6.45, 7) is 5.90. The number of rotatable bonds is 3. The molecule has 0 spiro atoms. The number of nitrogens with zero attached hydrogens (tertiary/aromatic N) is 1. The highest BCUT2D eigenvalue weighted by Crippen LogP contribution is 2.35. The molecule has 98 valence electrons. The second kappa shape index (κ2) is 4.76. The Morgan fingerprint density at radius 1 is 1.22 bits per heavy atom. The number of hydrogen-bond donors (Lipinski definition) is 2. The molecule has 1 aromatic carbocycles. The summed E-state index contributed by atoms with van der Waals surface area (Å²) in [7, 11) is 0. The number of ether oxygens (including phenoxy) is 2. The van der Waals surface area contributed by atoms with Gasteiger partial charge in [-0.3, -0.25) is 4.99 Å². The van der Waals surface area contributed by atoms with Crippen LogP contribution < -0.4 is 20.9 Å². The van der Waals surface area contributed by atoms with Crippen molar-refractivity contribution in [3.05, 3.63) is 23.8 Å². The van der Waals surface area contributed by atoms with Crippen LogP contribution in [0.1, 0.15) is 19.4 Å². The lowest BCUT2D eigenvalue weighted by atomic mass is 9.84. The maximum Gasteiger partial charge on any atom is 0.185 e. The SMILES string of the molecule is CC(C)(CN=C(N)N)c1ccc2c(c1)OCCO2. The third kappa shape index (κ3) is 2.67. The lowest BCUT2D eigenvalue weighted by molar-refractivity contribution is 0.171. The summed E-state index contributed by atoms with van der Waals surface area (Å²) in [6, 6.07) is 5.95. The molecule has 0 atom stereocenters. The highest BCUT2D eigenvalue weighted by molar-refractivity contribution is 5.75. The summed E-state index contributed by atoms with van der Waals surface area (Å²) in [5, 5.41) is 0. The van der Waals surface area contributed by atoms with Crippen LogP contribution in [0.25, 0.3) is 0 Å². The molecule has 4 N–H and O–H groups in total. The Morgan fingerprint density at radius 2 is 1.89 bits per heavy atom. The molecule has 5 nitrogen and oxygen atoms in total. The molecule has 0 radical (unpaired) electrons. The first-order valence-corrected chi connectivity index (χ1v) is 5.94. The Balaban J connectivity index is 2.24. The highest BCUT2D eigenvalue weighted by Gasteiger charge is 2.23. The molecule has 1 aliphatic heterocycles. The van der Waals surface area contributed by atoms with Gasteiger partial charge in [-0.25, -0.2) is 0 Å². The topological polar surface area (TPSA) is 82.9 Å². The summed E-state index contributed by atoms with van der Waals surface area (Å²) in [6.07, 6.45) is 0. The molecule has 0 aromatic heterocycles. The average molecular weight is 249 g/mol. The van der Waals surface area contributed by atoms with Crippen molar-refractivity contribution in [1.82, 2.24) is 0 Å². The third-order valence-corrected chi connectivity index (χ3v) is 2.98. The van der Waals surface area contributed by atoms with Gasteiger partial charge in [0.2, 0.25) is 0 Å². The van der Waals surface area contributed by atoms with Gasteiger partial charge in [-0.1, -0.05) is 19.9 Å². The number of hydrogen-bond acceptors (Lipinski definition) is 3. The van der Waals surface area contributed by atoms with Gasteiger partial charge in [-0.2, -0.15) is 0 Å². The number of fused-ring (bicyclic) bond motifs is 1. The van der Waals surface area contributed by atoms with Gasteiger partial charge in [0.1, 0.15) is 13.2 Å². The van der Waals surface area contributed by atoms with Crippen LogP contribution >= 0.6 is 0 Å².